The summed E-state index contributed by atoms with van der Waals surface area (Å²) in [6, 6.07) is 19.8. The molecule has 6 nitrogen and oxygen atoms in total. The van der Waals surface area contributed by atoms with Crippen molar-refractivity contribution in [2.45, 2.75) is 5.92 Å². The molecule has 1 aliphatic heterocycles. The second-order valence-electron chi connectivity index (χ2n) is 7.69. The van der Waals surface area contributed by atoms with E-state index < -0.39 is 17.2 Å². The molecule has 0 saturated carbocycles. The molecule has 5 aromatic rings. The van der Waals surface area contributed by atoms with Crippen molar-refractivity contribution in [2.75, 3.05) is 7.11 Å². The van der Waals surface area contributed by atoms with Gasteiger partial charge in [-0.25, -0.2) is 9.59 Å². The van der Waals surface area contributed by atoms with Gasteiger partial charge in [0.1, 0.15) is 28.4 Å². The smallest absolute Gasteiger partial charge is 0.344 e. The summed E-state index contributed by atoms with van der Waals surface area (Å²) in [5.41, 5.74) is 0.872. The first-order chi connectivity index (χ1) is 16.1. The molecule has 7 heteroatoms. The lowest BCUT2D eigenvalue weighted by Gasteiger charge is -2.28. The Bertz CT molecular complexity index is 1600. The van der Waals surface area contributed by atoms with Crippen molar-refractivity contribution >= 4 is 37.9 Å². The molecule has 6 rings (SSSR count). The SMILES string of the molecule is COc1ccc(C2c3c(c4ccccc4oc3=O)Oc3c2c(=O)oc2ccccc32)cc1Br. The molecular formula is C26H15BrO6. The molecule has 0 unspecified atom stereocenters. The molecule has 3 aromatic carbocycles. The topological polar surface area (TPSA) is 78.9 Å². The van der Waals surface area contributed by atoms with Crippen molar-refractivity contribution in [2.24, 2.45) is 0 Å². The van der Waals surface area contributed by atoms with E-state index in [1.54, 1.807) is 37.4 Å². The first-order valence-electron chi connectivity index (χ1n) is 10.2. The minimum atomic E-state index is -0.757. The van der Waals surface area contributed by atoms with Crippen molar-refractivity contribution in [3.63, 3.8) is 0 Å². The molecule has 3 heterocycles. The molecule has 0 aliphatic carbocycles. The van der Waals surface area contributed by atoms with Crippen LogP contribution in [0.5, 0.6) is 17.2 Å². The van der Waals surface area contributed by atoms with Gasteiger partial charge in [-0.3, -0.25) is 0 Å². The maximum absolute atomic E-state index is 13.2. The van der Waals surface area contributed by atoms with E-state index in [0.717, 1.165) is 0 Å². The maximum Gasteiger partial charge on any atom is 0.344 e. The predicted octanol–water partition coefficient (Wildman–Crippen LogP) is 5.96. The normalized spacial score (nSPS) is 12.9. The number of methoxy groups -OCH3 is 1. The van der Waals surface area contributed by atoms with Gasteiger partial charge in [0.15, 0.2) is 0 Å². The van der Waals surface area contributed by atoms with Crippen LogP contribution in [0.4, 0.5) is 0 Å². The number of halogens is 1. The highest BCUT2D eigenvalue weighted by Gasteiger charge is 2.38. The number of ether oxygens (including phenoxy) is 2. The Morgan fingerprint density at radius 1 is 0.788 bits per heavy atom. The third kappa shape index (κ3) is 2.93. The standard InChI is InChI=1S/C26H15BrO6/c1-30-19-11-10-13(12-16(19)27)20-21-23(14-6-2-4-8-17(14)31-25(21)28)33-24-15-7-3-5-9-18(15)32-26(29)22(20)24/h2-12,20H,1H3. The van der Waals surface area contributed by atoms with Crippen LogP contribution in [0.1, 0.15) is 22.6 Å². The monoisotopic (exact) mass is 502 g/mol. The van der Waals surface area contributed by atoms with Crippen LogP contribution in [0.3, 0.4) is 0 Å². The van der Waals surface area contributed by atoms with Gasteiger partial charge in [0.25, 0.3) is 0 Å². The summed E-state index contributed by atoms with van der Waals surface area (Å²) < 4.78 is 23.6. The maximum atomic E-state index is 13.2. The van der Waals surface area contributed by atoms with Gasteiger partial charge in [0.2, 0.25) is 0 Å². The van der Waals surface area contributed by atoms with Gasteiger partial charge >= 0.3 is 11.3 Å². The van der Waals surface area contributed by atoms with Gasteiger partial charge in [0, 0.05) is 0 Å². The van der Waals surface area contributed by atoms with Crippen molar-refractivity contribution in [3.05, 3.63) is 109 Å². The number of fused-ring (bicyclic) bond motifs is 6. The third-order valence-electron chi connectivity index (χ3n) is 5.89. The largest absolute Gasteiger partial charge is 0.496 e. The average Bonchev–Trinajstić information content (AvgIpc) is 2.83. The van der Waals surface area contributed by atoms with Gasteiger partial charge in [0.05, 0.1) is 39.4 Å². The summed E-state index contributed by atoms with van der Waals surface area (Å²) in [5.74, 6) is 0.624. The van der Waals surface area contributed by atoms with Crippen LogP contribution in [0.2, 0.25) is 0 Å². The van der Waals surface area contributed by atoms with Gasteiger partial charge in [-0.2, -0.15) is 0 Å². The number of hydrogen-bond donors (Lipinski definition) is 0. The summed E-state index contributed by atoms with van der Waals surface area (Å²) >= 11 is 3.51. The lowest BCUT2D eigenvalue weighted by molar-refractivity contribution is 0.411. The Labute approximate surface area is 195 Å². The van der Waals surface area contributed by atoms with Crippen LogP contribution in [0.25, 0.3) is 21.9 Å². The van der Waals surface area contributed by atoms with Crippen molar-refractivity contribution in [1.82, 2.24) is 0 Å². The molecule has 0 fully saturated rings. The minimum absolute atomic E-state index is 0.251. The van der Waals surface area contributed by atoms with Crippen LogP contribution in [0, 0.1) is 0 Å². The first kappa shape index (κ1) is 19.8. The minimum Gasteiger partial charge on any atom is -0.496 e. The molecule has 0 amide bonds. The highest BCUT2D eigenvalue weighted by atomic mass is 79.9. The van der Waals surface area contributed by atoms with E-state index >= 15 is 0 Å². The Morgan fingerprint density at radius 3 is 1.85 bits per heavy atom. The molecule has 0 spiro atoms. The molecule has 2 aromatic heterocycles. The van der Waals surface area contributed by atoms with E-state index in [1.807, 2.05) is 36.4 Å². The molecule has 0 bridgehead atoms. The Kier molecular flexibility index (Phi) is 4.41. The van der Waals surface area contributed by atoms with Gasteiger partial charge in [-0.1, -0.05) is 30.3 Å². The molecule has 1 aliphatic rings. The van der Waals surface area contributed by atoms with E-state index in [0.29, 0.717) is 49.2 Å². The number of para-hydroxylation sites is 2. The van der Waals surface area contributed by atoms with Gasteiger partial charge in [-0.05, 0) is 57.9 Å². The molecule has 0 atom stereocenters. The fourth-order valence-electron chi connectivity index (χ4n) is 4.43. The van der Waals surface area contributed by atoms with E-state index in [9.17, 15) is 9.59 Å². The van der Waals surface area contributed by atoms with E-state index in [-0.39, 0.29) is 11.1 Å². The van der Waals surface area contributed by atoms with Crippen LogP contribution in [-0.2, 0) is 0 Å². The summed E-state index contributed by atoms with van der Waals surface area (Å²) in [4.78, 5) is 26.5. The Hall–Kier alpha value is -3.84. The second kappa shape index (κ2) is 7.35. The predicted molar refractivity (Wildman–Crippen MR) is 127 cm³/mol. The Morgan fingerprint density at radius 2 is 1.33 bits per heavy atom. The Balaban J connectivity index is 1.77. The number of rotatable bonds is 2. The van der Waals surface area contributed by atoms with Crippen LogP contribution in [-0.4, -0.2) is 7.11 Å². The average molecular weight is 503 g/mol. The van der Waals surface area contributed by atoms with Crippen molar-refractivity contribution < 1.29 is 18.3 Å². The molecule has 0 N–H and O–H groups in total. The van der Waals surface area contributed by atoms with Crippen molar-refractivity contribution in [1.29, 1.82) is 0 Å². The van der Waals surface area contributed by atoms with Gasteiger partial charge in [-0.15, -0.1) is 0 Å². The zero-order valence-electron chi connectivity index (χ0n) is 17.3. The molecule has 33 heavy (non-hydrogen) atoms. The van der Waals surface area contributed by atoms with Gasteiger partial charge < -0.3 is 18.3 Å². The second-order valence-corrected chi connectivity index (χ2v) is 8.54. The molecule has 0 radical (unpaired) electrons. The van der Waals surface area contributed by atoms with Crippen LogP contribution >= 0.6 is 15.9 Å². The highest BCUT2D eigenvalue weighted by Crippen LogP contribution is 2.50. The zero-order valence-corrected chi connectivity index (χ0v) is 18.8. The van der Waals surface area contributed by atoms with Crippen LogP contribution in [0.15, 0.2) is 89.6 Å². The lowest BCUT2D eigenvalue weighted by atomic mass is 9.83. The first-order valence-corrected chi connectivity index (χ1v) is 11.0. The van der Waals surface area contributed by atoms with E-state index in [2.05, 4.69) is 15.9 Å². The molecule has 162 valence electrons. The summed E-state index contributed by atoms with van der Waals surface area (Å²) in [6.45, 7) is 0. The highest BCUT2D eigenvalue weighted by molar-refractivity contribution is 9.10. The third-order valence-corrected chi connectivity index (χ3v) is 6.51. The van der Waals surface area contributed by atoms with E-state index in [1.165, 1.54) is 0 Å². The summed E-state index contributed by atoms with van der Waals surface area (Å²) in [7, 11) is 1.57. The molecular weight excluding hydrogens is 488 g/mol. The number of benzene rings is 3. The fraction of sp³-hybridized carbons (Fsp3) is 0.0769. The van der Waals surface area contributed by atoms with E-state index in [4.69, 9.17) is 18.3 Å². The number of hydrogen-bond acceptors (Lipinski definition) is 6. The van der Waals surface area contributed by atoms with Crippen molar-refractivity contribution in [3.8, 4) is 17.2 Å². The lowest BCUT2D eigenvalue weighted by Crippen LogP contribution is -2.26. The summed E-state index contributed by atoms with van der Waals surface area (Å²) in [5, 5.41) is 1.29. The zero-order chi connectivity index (χ0) is 22.7. The molecule has 0 saturated heterocycles. The quantitative estimate of drug-likeness (QED) is 0.272. The van der Waals surface area contributed by atoms with Crippen LogP contribution < -0.4 is 20.7 Å². The summed E-state index contributed by atoms with van der Waals surface area (Å²) in [6.07, 6.45) is 0. The fourth-order valence-corrected chi connectivity index (χ4v) is 4.99.